The summed E-state index contributed by atoms with van der Waals surface area (Å²) >= 11 is 0. The highest BCUT2D eigenvalue weighted by atomic mass is 19.4. The van der Waals surface area contributed by atoms with Gasteiger partial charge in [0.1, 0.15) is 5.78 Å². The van der Waals surface area contributed by atoms with E-state index >= 15 is 0 Å². The number of hydrogen-bond acceptors (Lipinski definition) is 5. The number of carbonyl (C=O) groups is 1. The van der Waals surface area contributed by atoms with Crippen molar-refractivity contribution in [2.75, 3.05) is 19.6 Å². The number of alkyl halides is 3. The second-order valence-electron chi connectivity index (χ2n) is 9.44. The van der Waals surface area contributed by atoms with Crippen molar-refractivity contribution in [1.29, 1.82) is 0 Å². The van der Waals surface area contributed by atoms with E-state index < -0.39 is 11.6 Å². The van der Waals surface area contributed by atoms with Crippen LogP contribution >= 0.6 is 0 Å². The Morgan fingerprint density at radius 1 is 1.18 bits per heavy atom. The minimum absolute atomic E-state index is 0.0641. The van der Waals surface area contributed by atoms with Gasteiger partial charge in [-0.3, -0.25) is 14.5 Å². The first-order valence-electron chi connectivity index (χ1n) is 11.3. The van der Waals surface area contributed by atoms with Crippen LogP contribution in [-0.2, 0) is 18.3 Å². The molecule has 0 amide bonds. The van der Waals surface area contributed by atoms with E-state index in [0.29, 0.717) is 31.6 Å². The molecule has 9 heteroatoms. The van der Waals surface area contributed by atoms with Crippen LogP contribution in [0.1, 0.15) is 31.4 Å². The highest BCUT2D eigenvalue weighted by molar-refractivity contribution is 5.85. The molecule has 2 aliphatic rings. The van der Waals surface area contributed by atoms with Gasteiger partial charge in [0, 0.05) is 55.0 Å². The van der Waals surface area contributed by atoms with E-state index in [-0.39, 0.29) is 37.5 Å². The zero-order valence-corrected chi connectivity index (χ0v) is 18.5. The van der Waals surface area contributed by atoms with Crippen molar-refractivity contribution in [3.05, 3.63) is 42.5 Å². The molecule has 6 nitrogen and oxygen atoms in total. The summed E-state index contributed by atoms with van der Waals surface area (Å²) in [5, 5.41) is 5.08. The van der Waals surface area contributed by atoms with Crippen LogP contribution in [0.15, 0.2) is 36.8 Å². The summed E-state index contributed by atoms with van der Waals surface area (Å²) < 4.78 is 41.4. The molecular weight excluding hydrogens is 431 g/mol. The zero-order valence-electron chi connectivity index (χ0n) is 18.5. The summed E-state index contributed by atoms with van der Waals surface area (Å²) in [6.45, 7) is 1.14. The number of halogens is 3. The maximum absolute atomic E-state index is 13.2. The second kappa shape index (κ2) is 8.20. The molecule has 33 heavy (non-hydrogen) atoms. The number of rotatable bonds is 6. The third-order valence-corrected chi connectivity index (χ3v) is 7.01. The van der Waals surface area contributed by atoms with Crippen molar-refractivity contribution in [3.63, 3.8) is 0 Å². The molecule has 0 unspecified atom stereocenters. The molecule has 0 radical (unpaired) electrons. The largest absolute Gasteiger partial charge is 0.395 e. The van der Waals surface area contributed by atoms with Crippen LogP contribution in [0.25, 0.3) is 22.2 Å². The predicted molar refractivity (Wildman–Crippen MR) is 117 cm³/mol. The van der Waals surface area contributed by atoms with Gasteiger partial charge in [-0.1, -0.05) is 0 Å². The Morgan fingerprint density at radius 2 is 1.94 bits per heavy atom. The minimum atomic E-state index is -4.13. The lowest BCUT2D eigenvalue weighted by atomic mass is 9.89. The number of pyridine rings is 2. The fraction of sp³-hybridized carbons (Fsp3) is 0.500. The number of fused-ring (bicyclic) bond motifs is 1. The molecule has 0 N–H and O–H groups in total. The molecule has 174 valence electrons. The van der Waals surface area contributed by atoms with Crippen molar-refractivity contribution < 1.29 is 18.0 Å². The van der Waals surface area contributed by atoms with E-state index in [2.05, 4.69) is 10.1 Å². The SMILES string of the molecule is Cn1cc(-c2ccc3cnc(CC(=O)C4CCN(CC5(C(F)(F)F)CC5)CC4)cc3n2)cn1. The van der Waals surface area contributed by atoms with E-state index in [9.17, 15) is 18.0 Å². The zero-order chi connectivity index (χ0) is 23.2. The average molecular weight is 458 g/mol. The van der Waals surface area contributed by atoms with Gasteiger partial charge in [-0.15, -0.1) is 0 Å². The van der Waals surface area contributed by atoms with Crippen LogP contribution in [0.5, 0.6) is 0 Å². The summed E-state index contributed by atoms with van der Waals surface area (Å²) in [6.07, 6.45) is 3.11. The first-order chi connectivity index (χ1) is 15.7. The Bertz CT molecular complexity index is 1180. The molecule has 0 aromatic carbocycles. The number of hydrogen-bond donors (Lipinski definition) is 0. The van der Waals surface area contributed by atoms with Gasteiger partial charge in [0.25, 0.3) is 0 Å². The number of ketones is 1. The van der Waals surface area contributed by atoms with Gasteiger partial charge in [-0.25, -0.2) is 4.98 Å². The molecule has 0 atom stereocenters. The maximum Gasteiger partial charge on any atom is 0.395 e. The molecular formula is C24H26F3N5O. The fourth-order valence-electron chi connectivity index (χ4n) is 4.71. The van der Waals surface area contributed by atoms with Crippen LogP contribution in [0.4, 0.5) is 13.2 Å². The molecule has 2 fully saturated rings. The van der Waals surface area contributed by atoms with Crippen LogP contribution in [0.2, 0.25) is 0 Å². The summed E-state index contributed by atoms with van der Waals surface area (Å²) in [6, 6.07) is 5.72. The lowest BCUT2D eigenvalue weighted by molar-refractivity contribution is -0.192. The monoisotopic (exact) mass is 457 g/mol. The molecule has 0 spiro atoms. The van der Waals surface area contributed by atoms with Crippen LogP contribution in [0, 0.1) is 11.3 Å². The minimum Gasteiger partial charge on any atom is -0.302 e. The number of aromatic nitrogens is 4. The third-order valence-electron chi connectivity index (χ3n) is 7.01. The Balaban J connectivity index is 1.21. The maximum atomic E-state index is 13.2. The Hall–Kier alpha value is -2.81. The van der Waals surface area contributed by atoms with Gasteiger partial charge < -0.3 is 4.90 Å². The standard InChI is InChI=1S/C24H26F3N5O/c1-31-14-18(13-29-31)20-3-2-17-12-28-19(10-21(17)30-20)11-22(33)16-4-8-32(9-5-16)15-23(6-7-23)24(25,26)27/h2-3,10,12-14,16H,4-9,11,15H2,1H3. The fourth-order valence-corrected chi connectivity index (χ4v) is 4.71. The number of nitrogens with zero attached hydrogens (tertiary/aromatic N) is 5. The number of piperidine rings is 1. The summed E-state index contributed by atoms with van der Waals surface area (Å²) in [4.78, 5) is 23.9. The van der Waals surface area contributed by atoms with Crippen LogP contribution in [-0.4, -0.2) is 56.2 Å². The number of Topliss-reactive ketones (excluding diaryl/α,β-unsaturated/α-hetero) is 1. The molecule has 3 aromatic rings. The smallest absolute Gasteiger partial charge is 0.302 e. The van der Waals surface area contributed by atoms with Crippen LogP contribution < -0.4 is 0 Å². The topological polar surface area (TPSA) is 63.9 Å². The molecule has 1 aliphatic heterocycles. The molecule has 1 aliphatic carbocycles. The summed E-state index contributed by atoms with van der Waals surface area (Å²) in [5.74, 6) is -0.0312. The van der Waals surface area contributed by atoms with E-state index in [1.54, 1.807) is 17.1 Å². The Labute approximate surface area is 189 Å². The van der Waals surface area contributed by atoms with E-state index in [1.807, 2.05) is 36.3 Å². The lowest BCUT2D eigenvalue weighted by Gasteiger charge is -2.34. The molecule has 3 aromatic heterocycles. The molecule has 0 bridgehead atoms. The van der Waals surface area contributed by atoms with Gasteiger partial charge in [-0.2, -0.15) is 18.3 Å². The highest BCUT2D eigenvalue weighted by Gasteiger charge is 2.63. The second-order valence-corrected chi connectivity index (χ2v) is 9.44. The predicted octanol–water partition coefficient (Wildman–Crippen LogP) is 4.20. The van der Waals surface area contributed by atoms with Gasteiger partial charge >= 0.3 is 6.18 Å². The van der Waals surface area contributed by atoms with Crippen molar-refractivity contribution in [2.45, 2.75) is 38.3 Å². The van der Waals surface area contributed by atoms with Crippen molar-refractivity contribution in [3.8, 4) is 11.3 Å². The number of carbonyl (C=O) groups excluding carboxylic acids is 1. The van der Waals surface area contributed by atoms with E-state index in [4.69, 9.17) is 4.98 Å². The number of aryl methyl sites for hydroxylation is 1. The van der Waals surface area contributed by atoms with Gasteiger partial charge in [0.2, 0.25) is 0 Å². The average Bonchev–Trinajstić information content (AvgIpc) is 3.45. The van der Waals surface area contributed by atoms with Crippen LogP contribution in [0.3, 0.4) is 0 Å². The lowest BCUT2D eigenvalue weighted by Crippen LogP contribution is -2.43. The molecule has 5 rings (SSSR count). The van der Waals surface area contributed by atoms with Gasteiger partial charge in [0.15, 0.2) is 0 Å². The van der Waals surface area contributed by atoms with Gasteiger partial charge in [0.05, 0.1) is 22.8 Å². The van der Waals surface area contributed by atoms with E-state index in [1.165, 1.54) is 0 Å². The third kappa shape index (κ3) is 4.51. The molecule has 4 heterocycles. The quantitative estimate of drug-likeness (QED) is 0.555. The molecule has 1 saturated carbocycles. The van der Waals surface area contributed by atoms with Crippen molar-refractivity contribution >= 4 is 16.7 Å². The first kappa shape index (κ1) is 22.0. The highest BCUT2D eigenvalue weighted by Crippen LogP contribution is 2.58. The summed E-state index contributed by atoms with van der Waals surface area (Å²) in [5.41, 5.74) is 1.64. The summed E-state index contributed by atoms with van der Waals surface area (Å²) in [7, 11) is 1.85. The van der Waals surface area contributed by atoms with Crippen molar-refractivity contribution in [2.24, 2.45) is 18.4 Å². The van der Waals surface area contributed by atoms with Gasteiger partial charge in [-0.05, 0) is 57.0 Å². The Kier molecular flexibility index (Phi) is 5.47. The first-order valence-corrected chi connectivity index (χ1v) is 11.3. The van der Waals surface area contributed by atoms with Crippen molar-refractivity contribution in [1.82, 2.24) is 24.6 Å². The van der Waals surface area contributed by atoms with E-state index in [0.717, 1.165) is 22.2 Å². The molecule has 1 saturated heterocycles. The normalized spacial score (nSPS) is 19.2. The number of likely N-dealkylation sites (tertiary alicyclic amines) is 1. The Morgan fingerprint density at radius 3 is 2.58 bits per heavy atom.